The third-order valence-corrected chi connectivity index (χ3v) is 8.42. The van der Waals surface area contributed by atoms with E-state index in [1.165, 1.54) is 11.8 Å². The topological polar surface area (TPSA) is 97.4 Å². The molecule has 4 aliphatic heterocycles. The van der Waals surface area contributed by atoms with Gasteiger partial charge in [0.05, 0.1) is 6.54 Å². The van der Waals surface area contributed by atoms with Gasteiger partial charge in [-0.1, -0.05) is 23.9 Å². The smallest absolute Gasteiger partial charge is 0.327 e. The number of aliphatic imine (C=N–C) groups is 1. The lowest BCUT2D eigenvalue weighted by Gasteiger charge is -2.31. The highest BCUT2D eigenvalue weighted by Gasteiger charge is 2.50. The Labute approximate surface area is 208 Å². The molecule has 182 valence electrons. The maximum Gasteiger partial charge on any atom is 0.327 e. The van der Waals surface area contributed by atoms with E-state index in [0.717, 1.165) is 42.7 Å². The van der Waals surface area contributed by atoms with E-state index < -0.39 is 0 Å². The van der Waals surface area contributed by atoms with E-state index in [9.17, 15) is 14.4 Å². The van der Waals surface area contributed by atoms with Crippen LogP contribution in [0, 0.1) is 0 Å². The van der Waals surface area contributed by atoms with Crippen molar-refractivity contribution in [3.63, 3.8) is 0 Å². The molecule has 11 heteroatoms. The average Bonchev–Trinajstić information content (AvgIpc) is 3.49. The first-order chi connectivity index (χ1) is 16.4. The van der Waals surface area contributed by atoms with Crippen molar-refractivity contribution in [1.82, 2.24) is 20.4 Å². The number of carbonyl (C=O) groups is 3. The van der Waals surface area contributed by atoms with Crippen LogP contribution in [0.25, 0.3) is 0 Å². The Morgan fingerprint density at radius 1 is 1.18 bits per heavy atom. The lowest BCUT2D eigenvalue weighted by Crippen LogP contribution is -2.45. The first-order valence-corrected chi connectivity index (χ1v) is 13.0. The molecule has 4 aliphatic rings. The first kappa shape index (κ1) is 23.3. The number of anilines is 1. The van der Waals surface area contributed by atoms with Crippen LogP contribution in [0.3, 0.4) is 0 Å². The number of carbonyl (C=O) groups excluding carboxylic acids is 3. The minimum atomic E-state index is -0.337. The summed E-state index contributed by atoms with van der Waals surface area (Å²) in [5.41, 5.74) is 2.66. The van der Waals surface area contributed by atoms with Crippen LogP contribution in [-0.2, 0) is 16.6 Å². The zero-order chi connectivity index (χ0) is 23.9. The summed E-state index contributed by atoms with van der Waals surface area (Å²) in [6.07, 6.45) is 3.00. The van der Waals surface area contributed by atoms with Gasteiger partial charge in [0.15, 0.2) is 5.17 Å². The molecule has 4 heterocycles. The van der Waals surface area contributed by atoms with Crippen LogP contribution in [0.4, 0.5) is 15.3 Å². The number of amidine groups is 1. The Hall–Kier alpha value is -2.46. The third-order valence-electron chi connectivity index (χ3n) is 7.15. The van der Waals surface area contributed by atoms with E-state index in [2.05, 4.69) is 21.7 Å². The molecule has 2 atom stereocenters. The number of fused-ring (bicyclic) bond motifs is 2. The van der Waals surface area contributed by atoms with Crippen LogP contribution < -0.4 is 15.5 Å². The van der Waals surface area contributed by atoms with Gasteiger partial charge in [-0.2, -0.15) is 0 Å². The summed E-state index contributed by atoms with van der Waals surface area (Å²) in [4.78, 5) is 47.7. The molecule has 2 fully saturated rings. The molecule has 0 bridgehead atoms. The second-order valence-electron chi connectivity index (χ2n) is 9.28. The van der Waals surface area contributed by atoms with Gasteiger partial charge in [-0.3, -0.25) is 20.0 Å². The number of hydrogen-bond donors (Lipinski definition) is 2. The number of likely N-dealkylation sites (tertiary alicyclic amines) is 2. The van der Waals surface area contributed by atoms with E-state index in [-0.39, 0.29) is 28.1 Å². The summed E-state index contributed by atoms with van der Waals surface area (Å²) >= 11 is 7.45. The molecule has 1 aromatic rings. The number of rotatable bonds is 3. The first-order valence-electron chi connectivity index (χ1n) is 11.7. The number of halogens is 1. The van der Waals surface area contributed by atoms with Crippen LogP contribution in [0.15, 0.2) is 23.2 Å². The van der Waals surface area contributed by atoms with E-state index in [0.29, 0.717) is 44.2 Å². The molecule has 5 amide bonds. The van der Waals surface area contributed by atoms with Gasteiger partial charge in [-0.15, -0.1) is 11.6 Å². The van der Waals surface area contributed by atoms with Gasteiger partial charge in [-0.25, -0.2) is 9.59 Å². The molecule has 9 nitrogen and oxygen atoms in total. The second kappa shape index (κ2) is 9.30. The van der Waals surface area contributed by atoms with E-state index in [4.69, 9.17) is 11.6 Å². The summed E-state index contributed by atoms with van der Waals surface area (Å²) < 4.78 is -0.162. The Bertz CT molecular complexity index is 1050. The highest BCUT2D eigenvalue weighted by molar-refractivity contribution is 8.15. The minimum Gasteiger partial charge on any atom is -0.343 e. The standard InChI is InChI=1S/C23H29ClN6O3S/c1-25-21(32)29-10-7-23(13-29)14-30(22(33)27-20-26-12-18(24)34-20)17-5-3-15(11-16(17)23)4-6-19(31)28-8-2-9-28/h3,5,11,18H,2,4,6-10,12-14H2,1H3,(H,25,32)(H,26,27,33). The van der Waals surface area contributed by atoms with Crippen LogP contribution in [-0.4, -0.2) is 84.0 Å². The van der Waals surface area contributed by atoms with Crippen LogP contribution in [0.1, 0.15) is 30.4 Å². The molecule has 1 spiro atoms. The fraction of sp³-hybridized carbons (Fsp3) is 0.565. The molecular formula is C23H29ClN6O3S. The molecule has 1 aromatic carbocycles. The predicted molar refractivity (Wildman–Crippen MR) is 134 cm³/mol. The number of nitrogens with zero attached hydrogens (tertiary/aromatic N) is 4. The molecule has 0 radical (unpaired) electrons. The lowest BCUT2D eigenvalue weighted by molar-refractivity contribution is -0.134. The number of alkyl halides is 1. The van der Waals surface area contributed by atoms with Crippen molar-refractivity contribution in [1.29, 1.82) is 0 Å². The number of amides is 5. The summed E-state index contributed by atoms with van der Waals surface area (Å²) in [7, 11) is 1.63. The van der Waals surface area contributed by atoms with Gasteiger partial charge in [0.1, 0.15) is 4.71 Å². The van der Waals surface area contributed by atoms with Crippen LogP contribution in [0.2, 0.25) is 0 Å². The molecule has 0 saturated carbocycles. The lowest BCUT2D eigenvalue weighted by atomic mass is 9.81. The van der Waals surface area contributed by atoms with Crippen molar-refractivity contribution < 1.29 is 14.4 Å². The fourth-order valence-electron chi connectivity index (χ4n) is 5.16. The highest BCUT2D eigenvalue weighted by Crippen LogP contribution is 2.47. The summed E-state index contributed by atoms with van der Waals surface area (Å²) in [6, 6.07) is 5.76. The molecule has 2 unspecified atom stereocenters. The van der Waals surface area contributed by atoms with Gasteiger partial charge < -0.3 is 15.1 Å². The van der Waals surface area contributed by atoms with Crippen molar-refractivity contribution in [3.8, 4) is 0 Å². The summed E-state index contributed by atoms with van der Waals surface area (Å²) in [6.45, 7) is 3.85. The van der Waals surface area contributed by atoms with Crippen LogP contribution >= 0.6 is 23.4 Å². The van der Waals surface area contributed by atoms with Crippen molar-refractivity contribution in [2.75, 3.05) is 51.2 Å². The summed E-state index contributed by atoms with van der Waals surface area (Å²) in [5, 5.41) is 6.14. The number of nitrogens with one attached hydrogen (secondary N) is 2. The molecule has 2 N–H and O–H groups in total. The van der Waals surface area contributed by atoms with Gasteiger partial charge >= 0.3 is 12.1 Å². The Morgan fingerprint density at radius 2 is 2.00 bits per heavy atom. The molecular weight excluding hydrogens is 476 g/mol. The monoisotopic (exact) mass is 504 g/mol. The summed E-state index contributed by atoms with van der Waals surface area (Å²) in [5.74, 6) is 0.196. The van der Waals surface area contributed by atoms with Crippen molar-refractivity contribution in [2.45, 2.75) is 35.8 Å². The van der Waals surface area contributed by atoms with Crippen molar-refractivity contribution >= 4 is 52.2 Å². The fourth-order valence-corrected chi connectivity index (χ4v) is 6.17. The minimum absolute atomic E-state index is 0.109. The third kappa shape index (κ3) is 4.33. The molecule has 34 heavy (non-hydrogen) atoms. The van der Waals surface area contributed by atoms with Gasteiger partial charge in [-0.05, 0) is 36.5 Å². The SMILES string of the molecule is CNC(=O)N1CCC2(C1)CN(C(=O)NC1=NCC(Cl)S1)c1ccc(CCC(=O)N3CCC3)cc12. The van der Waals surface area contributed by atoms with E-state index >= 15 is 0 Å². The Morgan fingerprint density at radius 3 is 2.68 bits per heavy atom. The maximum absolute atomic E-state index is 13.2. The Balaban J connectivity index is 1.38. The maximum atomic E-state index is 13.2. The molecule has 2 saturated heterocycles. The Kier molecular flexibility index (Phi) is 6.37. The average molecular weight is 505 g/mol. The largest absolute Gasteiger partial charge is 0.343 e. The number of aryl methyl sites for hydroxylation is 1. The predicted octanol–water partition coefficient (Wildman–Crippen LogP) is 2.33. The zero-order valence-electron chi connectivity index (χ0n) is 19.2. The quantitative estimate of drug-likeness (QED) is 0.617. The number of urea groups is 2. The number of thioether (sulfide) groups is 1. The van der Waals surface area contributed by atoms with Crippen molar-refractivity contribution in [2.24, 2.45) is 4.99 Å². The molecule has 0 aliphatic carbocycles. The number of benzene rings is 1. The molecule has 0 aromatic heterocycles. The van der Waals surface area contributed by atoms with Gasteiger partial charge in [0.25, 0.3) is 0 Å². The van der Waals surface area contributed by atoms with E-state index in [1.54, 1.807) is 16.8 Å². The van der Waals surface area contributed by atoms with Gasteiger partial charge in [0.2, 0.25) is 5.91 Å². The molecule has 5 rings (SSSR count). The van der Waals surface area contributed by atoms with Crippen molar-refractivity contribution in [3.05, 3.63) is 29.3 Å². The van der Waals surface area contributed by atoms with E-state index in [1.807, 2.05) is 17.0 Å². The highest BCUT2D eigenvalue weighted by atomic mass is 35.5. The second-order valence-corrected chi connectivity index (χ2v) is 11.3. The number of hydrogen-bond acceptors (Lipinski definition) is 5. The van der Waals surface area contributed by atoms with Crippen LogP contribution in [0.5, 0.6) is 0 Å². The van der Waals surface area contributed by atoms with Gasteiger partial charge in [0, 0.05) is 57.3 Å². The zero-order valence-corrected chi connectivity index (χ0v) is 20.8. The normalized spacial score (nSPS) is 25.3.